The Balaban J connectivity index is 0.000000280. The Bertz CT molecular complexity index is 1650. The van der Waals surface area contributed by atoms with Gasteiger partial charge in [0.25, 0.3) is 11.4 Å². The molecule has 2 heterocycles. The quantitative estimate of drug-likeness (QED) is 0.208. The summed E-state index contributed by atoms with van der Waals surface area (Å²) in [7, 11) is -8.16. The first-order valence-corrected chi connectivity index (χ1v) is 19.6. The standard InChI is InChI=1S/2C16H23N3O6S/c2*1-12(2)10-15(16(20)18-6-8-25-9-7-18)17-26(23,24)14-5-3-4-13(11-14)19(21)22/h2*3-5,11-12,15,17H,6-10H2,1-2H3/t2*15-/m00/s1. The normalized spacial score (nSPS) is 16.5. The largest absolute Gasteiger partial charge is 0.378 e. The van der Waals surface area contributed by atoms with E-state index in [9.17, 15) is 46.7 Å². The average Bonchev–Trinajstić information content (AvgIpc) is 3.11. The van der Waals surface area contributed by atoms with Crippen molar-refractivity contribution in [3.63, 3.8) is 0 Å². The second-order valence-electron chi connectivity index (χ2n) is 13.0. The predicted molar refractivity (Wildman–Crippen MR) is 188 cm³/mol. The highest BCUT2D eigenvalue weighted by Crippen LogP contribution is 2.21. The fraction of sp³-hybridized carbons (Fsp3) is 0.562. The molecule has 0 spiro atoms. The number of nitro groups is 2. The van der Waals surface area contributed by atoms with Crippen LogP contribution in [0.5, 0.6) is 0 Å². The van der Waals surface area contributed by atoms with Gasteiger partial charge in [-0.1, -0.05) is 39.8 Å². The SMILES string of the molecule is CC(C)C[C@H](NS(=O)(=O)c1cccc([N+](=O)[O-])c1)C(=O)N1CCOCC1.CC(C)C[C@H](NS(=O)(=O)c1cccc([N+](=O)[O-])c1)C(=O)N1CCOCC1. The van der Waals surface area contributed by atoms with Crippen LogP contribution in [0.25, 0.3) is 0 Å². The molecular weight excluding hydrogens is 725 g/mol. The number of ether oxygens (including phenoxy) is 2. The molecule has 2 atom stereocenters. The van der Waals surface area contributed by atoms with E-state index in [-0.39, 0.29) is 44.8 Å². The van der Waals surface area contributed by atoms with Crippen LogP contribution in [0, 0.1) is 32.1 Å². The molecule has 4 rings (SSSR count). The van der Waals surface area contributed by atoms with Crippen molar-refractivity contribution in [2.24, 2.45) is 11.8 Å². The van der Waals surface area contributed by atoms with Crippen LogP contribution in [0.4, 0.5) is 11.4 Å². The number of sulfonamides is 2. The number of hydrogen-bond donors (Lipinski definition) is 2. The lowest BCUT2D eigenvalue weighted by Gasteiger charge is -2.31. The van der Waals surface area contributed by atoms with Gasteiger partial charge < -0.3 is 19.3 Å². The molecule has 0 bridgehead atoms. The summed E-state index contributed by atoms with van der Waals surface area (Å²) < 4.78 is 65.9. The third-order valence-electron chi connectivity index (χ3n) is 7.93. The first-order valence-electron chi connectivity index (χ1n) is 16.7. The van der Waals surface area contributed by atoms with Gasteiger partial charge >= 0.3 is 0 Å². The zero-order chi connectivity index (χ0) is 38.6. The highest BCUT2D eigenvalue weighted by molar-refractivity contribution is 7.89. The van der Waals surface area contributed by atoms with Crippen LogP contribution in [0.15, 0.2) is 58.3 Å². The summed E-state index contributed by atoms with van der Waals surface area (Å²) >= 11 is 0. The Morgan fingerprint density at radius 2 is 1.00 bits per heavy atom. The minimum absolute atomic E-state index is 0.0813. The molecule has 2 aromatic rings. The molecule has 0 saturated carbocycles. The molecule has 2 aromatic carbocycles. The number of hydrogen-bond acceptors (Lipinski definition) is 12. The lowest BCUT2D eigenvalue weighted by atomic mass is 10.0. The predicted octanol–water partition coefficient (Wildman–Crippen LogP) is 2.29. The van der Waals surface area contributed by atoms with Crippen molar-refractivity contribution in [3.8, 4) is 0 Å². The van der Waals surface area contributed by atoms with Crippen molar-refractivity contribution < 1.29 is 45.7 Å². The number of carbonyl (C=O) groups is 2. The van der Waals surface area contributed by atoms with Gasteiger partial charge in [0.05, 0.1) is 46.1 Å². The summed E-state index contributed by atoms with van der Waals surface area (Å²) in [5.74, 6) is -0.456. The summed E-state index contributed by atoms with van der Waals surface area (Å²) in [6.07, 6.45) is 0.648. The van der Waals surface area contributed by atoms with Crippen LogP contribution in [0.3, 0.4) is 0 Å². The molecular formula is C32H46N6O12S2. The second kappa shape index (κ2) is 19.1. The first-order chi connectivity index (χ1) is 24.4. The van der Waals surface area contributed by atoms with Crippen molar-refractivity contribution in [2.75, 3.05) is 52.6 Å². The number of carbonyl (C=O) groups excluding carboxylic acids is 2. The summed E-state index contributed by atoms with van der Waals surface area (Å²) in [4.78, 5) is 48.6. The number of non-ortho nitro benzene ring substituents is 2. The molecule has 0 aromatic heterocycles. The molecule has 2 N–H and O–H groups in total. The van der Waals surface area contributed by atoms with Crippen LogP contribution >= 0.6 is 0 Å². The van der Waals surface area contributed by atoms with E-state index in [1.165, 1.54) is 36.4 Å². The molecule has 0 aliphatic carbocycles. The third kappa shape index (κ3) is 12.6. The number of nitro benzene ring substituents is 2. The van der Waals surface area contributed by atoms with E-state index in [2.05, 4.69) is 9.44 Å². The monoisotopic (exact) mass is 770 g/mol. The Kier molecular flexibility index (Phi) is 15.6. The average molecular weight is 771 g/mol. The van der Waals surface area contributed by atoms with Gasteiger partial charge in [0.2, 0.25) is 31.9 Å². The topological polar surface area (TPSA) is 238 Å². The minimum Gasteiger partial charge on any atom is -0.378 e. The number of nitrogens with one attached hydrogen (secondary N) is 2. The molecule has 0 unspecified atom stereocenters. The molecule has 0 radical (unpaired) electrons. The maximum Gasteiger partial charge on any atom is 0.270 e. The Morgan fingerprint density at radius 3 is 1.29 bits per heavy atom. The number of rotatable bonds is 14. The second-order valence-corrected chi connectivity index (χ2v) is 16.4. The van der Waals surface area contributed by atoms with Crippen LogP contribution < -0.4 is 9.44 Å². The van der Waals surface area contributed by atoms with Crippen molar-refractivity contribution in [2.45, 2.75) is 62.4 Å². The summed E-state index contributed by atoms with van der Waals surface area (Å²) in [6.45, 7) is 10.9. The van der Waals surface area contributed by atoms with Crippen molar-refractivity contribution in [1.82, 2.24) is 19.2 Å². The molecule has 2 saturated heterocycles. The highest BCUT2D eigenvalue weighted by atomic mass is 32.2. The van der Waals surface area contributed by atoms with Gasteiger partial charge in [-0.2, -0.15) is 9.44 Å². The van der Waals surface area contributed by atoms with E-state index >= 15 is 0 Å². The van der Waals surface area contributed by atoms with Gasteiger partial charge in [-0.25, -0.2) is 16.8 Å². The molecule has 2 amide bonds. The fourth-order valence-corrected chi connectivity index (χ4v) is 7.87. The van der Waals surface area contributed by atoms with E-state index in [4.69, 9.17) is 9.47 Å². The van der Waals surface area contributed by atoms with Crippen LogP contribution in [0.2, 0.25) is 0 Å². The fourth-order valence-electron chi connectivity index (χ4n) is 5.39. The van der Waals surface area contributed by atoms with Gasteiger partial charge in [-0.05, 0) is 36.8 Å². The van der Waals surface area contributed by atoms with E-state index < -0.39 is 42.0 Å². The van der Waals surface area contributed by atoms with Crippen molar-refractivity contribution in [3.05, 3.63) is 68.8 Å². The van der Waals surface area contributed by atoms with Crippen molar-refractivity contribution in [1.29, 1.82) is 0 Å². The first kappa shape index (κ1) is 42.3. The zero-order valence-electron chi connectivity index (χ0n) is 29.5. The minimum atomic E-state index is -4.08. The number of morpholine rings is 2. The van der Waals surface area contributed by atoms with Gasteiger partial charge in [-0.15, -0.1) is 0 Å². The third-order valence-corrected chi connectivity index (χ3v) is 10.9. The number of benzene rings is 2. The molecule has 18 nitrogen and oxygen atoms in total. The molecule has 20 heteroatoms. The molecule has 288 valence electrons. The molecule has 2 aliphatic rings. The van der Waals surface area contributed by atoms with E-state index in [1.807, 2.05) is 27.7 Å². The van der Waals surface area contributed by atoms with Gasteiger partial charge in [-0.3, -0.25) is 29.8 Å². The highest BCUT2D eigenvalue weighted by Gasteiger charge is 2.33. The Hall–Kier alpha value is -4.08. The zero-order valence-corrected chi connectivity index (χ0v) is 31.1. The lowest BCUT2D eigenvalue weighted by Crippen LogP contribution is -2.52. The van der Waals surface area contributed by atoms with E-state index in [0.717, 1.165) is 12.1 Å². The smallest absolute Gasteiger partial charge is 0.270 e. The maximum atomic E-state index is 12.8. The molecule has 2 fully saturated rings. The summed E-state index contributed by atoms with van der Waals surface area (Å²) in [6, 6.07) is 7.65. The van der Waals surface area contributed by atoms with Crippen molar-refractivity contribution >= 4 is 43.2 Å². The maximum absolute atomic E-state index is 12.8. The van der Waals surface area contributed by atoms with E-state index in [0.29, 0.717) is 65.4 Å². The van der Waals surface area contributed by atoms with Crippen LogP contribution in [-0.2, 0) is 39.1 Å². The van der Waals surface area contributed by atoms with Gasteiger partial charge in [0, 0.05) is 50.4 Å². The number of nitrogens with zero attached hydrogens (tertiary/aromatic N) is 4. The summed E-state index contributed by atoms with van der Waals surface area (Å²) in [5.41, 5.74) is -0.652. The summed E-state index contributed by atoms with van der Waals surface area (Å²) in [5, 5.41) is 21.8. The van der Waals surface area contributed by atoms with Crippen LogP contribution in [0.1, 0.15) is 40.5 Å². The van der Waals surface area contributed by atoms with E-state index in [1.54, 1.807) is 9.80 Å². The Labute approximate surface area is 303 Å². The molecule has 52 heavy (non-hydrogen) atoms. The number of amides is 2. The Morgan fingerprint density at radius 1 is 0.673 bits per heavy atom. The van der Waals surface area contributed by atoms with Gasteiger partial charge in [0.1, 0.15) is 12.1 Å². The van der Waals surface area contributed by atoms with Crippen LogP contribution in [-0.4, -0.2) is 113 Å². The molecule has 2 aliphatic heterocycles. The van der Waals surface area contributed by atoms with Gasteiger partial charge in [0.15, 0.2) is 0 Å². The lowest BCUT2D eigenvalue weighted by molar-refractivity contribution is -0.385.